The molecule has 0 radical (unpaired) electrons. The van der Waals surface area contributed by atoms with Crippen LogP contribution in [0.4, 0.5) is 10.5 Å². The molecule has 1 aliphatic carbocycles. The molecule has 8 nitrogen and oxygen atoms in total. The van der Waals surface area contributed by atoms with Gasteiger partial charge in [-0.05, 0) is 37.0 Å². The minimum absolute atomic E-state index is 0.204. The lowest BCUT2D eigenvalue weighted by molar-refractivity contribution is 0.229. The summed E-state index contributed by atoms with van der Waals surface area (Å²) in [5.41, 5.74) is 1.31. The summed E-state index contributed by atoms with van der Waals surface area (Å²) in [5, 5.41) is 7.12. The van der Waals surface area contributed by atoms with Gasteiger partial charge in [0.15, 0.2) is 0 Å². The number of urea groups is 1. The van der Waals surface area contributed by atoms with Crippen LogP contribution in [0.3, 0.4) is 0 Å². The molecule has 1 aromatic carbocycles. The molecule has 2 amide bonds. The fourth-order valence-electron chi connectivity index (χ4n) is 4.31. The van der Waals surface area contributed by atoms with Crippen LogP contribution in [0.15, 0.2) is 42.7 Å². The van der Waals surface area contributed by atoms with Crippen LogP contribution < -0.4 is 24.8 Å². The summed E-state index contributed by atoms with van der Waals surface area (Å²) < 4.78 is 18.2. The Bertz CT molecular complexity index is 1030. The number of amides is 2. The SMILES string of the molecule is COc1cc(OC)c(NC(=O)NC(C2CCCC2)n2ccc3cccnc32)c(OC)c1. The Hall–Kier alpha value is -3.42. The first-order chi connectivity index (χ1) is 15.1. The number of nitrogens with one attached hydrogen (secondary N) is 2. The maximum absolute atomic E-state index is 13.1. The fraction of sp³-hybridized carbons (Fsp3) is 0.391. The summed E-state index contributed by atoms with van der Waals surface area (Å²) in [6.45, 7) is 0. The van der Waals surface area contributed by atoms with Gasteiger partial charge in [-0.25, -0.2) is 9.78 Å². The number of carbonyl (C=O) groups is 1. The van der Waals surface area contributed by atoms with Crippen molar-refractivity contribution in [3.05, 3.63) is 42.7 Å². The topological polar surface area (TPSA) is 86.6 Å². The molecule has 1 atom stereocenters. The highest BCUT2D eigenvalue weighted by atomic mass is 16.5. The van der Waals surface area contributed by atoms with Crippen LogP contribution in [-0.2, 0) is 0 Å². The fourth-order valence-corrected chi connectivity index (χ4v) is 4.31. The van der Waals surface area contributed by atoms with E-state index in [-0.39, 0.29) is 12.2 Å². The summed E-state index contributed by atoms with van der Waals surface area (Å²) in [5.74, 6) is 1.82. The molecule has 2 aromatic heterocycles. The highest BCUT2D eigenvalue weighted by Crippen LogP contribution is 2.39. The molecular formula is C23H28N4O4. The number of carbonyl (C=O) groups excluding carboxylic acids is 1. The molecule has 164 valence electrons. The summed E-state index contributed by atoms with van der Waals surface area (Å²) >= 11 is 0. The molecule has 3 aromatic rings. The van der Waals surface area contributed by atoms with E-state index in [1.165, 1.54) is 14.2 Å². The Morgan fingerprint density at radius 2 is 1.81 bits per heavy atom. The van der Waals surface area contributed by atoms with E-state index in [0.717, 1.165) is 36.7 Å². The number of methoxy groups -OCH3 is 3. The number of rotatable bonds is 7. The summed E-state index contributed by atoms with van der Waals surface area (Å²) in [6, 6.07) is 9.04. The minimum atomic E-state index is -0.337. The molecule has 1 saturated carbocycles. The Morgan fingerprint density at radius 1 is 1.10 bits per heavy atom. The number of anilines is 1. The van der Waals surface area contributed by atoms with Crippen molar-refractivity contribution in [2.75, 3.05) is 26.6 Å². The quantitative estimate of drug-likeness (QED) is 0.580. The largest absolute Gasteiger partial charge is 0.496 e. The van der Waals surface area contributed by atoms with Gasteiger partial charge in [0.2, 0.25) is 0 Å². The number of hydrogen-bond donors (Lipinski definition) is 2. The van der Waals surface area contributed by atoms with Crippen LogP contribution in [0, 0.1) is 5.92 Å². The maximum Gasteiger partial charge on any atom is 0.321 e. The van der Waals surface area contributed by atoms with Crippen molar-refractivity contribution in [1.82, 2.24) is 14.9 Å². The predicted octanol–water partition coefficient (Wildman–Crippen LogP) is 4.57. The number of benzene rings is 1. The third-order valence-electron chi connectivity index (χ3n) is 5.85. The zero-order valence-corrected chi connectivity index (χ0v) is 18.1. The van der Waals surface area contributed by atoms with Gasteiger partial charge in [-0.15, -0.1) is 0 Å². The smallest absolute Gasteiger partial charge is 0.321 e. The Labute approximate surface area is 181 Å². The molecule has 0 bridgehead atoms. The molecule has 4 rings (SSSR count). The highest BCUT2D eigenvalue weighted by molar-refractivity contribution is 5.93. The van der Waals surface area contributed by atoms with Gasteiger partial charge in [-0.3, -0.25) is 0 Å². The third kappa shape index (κ3) is 4.23. The first kappa shape index (κ1) is 20.8. The van der Waals surface area contributed by atoms with E-state index >= 15 is 0 Å². The van der Waals surface area contributed by atoms with Gasteiger partial charge in [-0.2, -0.15) is 0 Å². The van der Waals surface area contributed by atoms with E-state index in [1.54, 1.807) is 25.4 Å². The number of aromatic nitrogens is 2. The standard InChI is InChI=1S/C23H28N4O4/c1-29-17-13-18(30-2)20(19(14-17)31-3)25-23(28)26-22(15-7-4-5-8-15)27-12-10-16-9-6-11-24-21(16)27/h6,9-15,22H,4-5,7-8H2,1-3H3,(H2,25,26,28). The van der Waals surface area contributed by atoms with Crippen molar-refractivity contribution in [2.24, 2.45) is 5.92 Å². The summed E-state index contributed by atoms with van der Waals surface area (Å²) in [4.78, 5) is 17.6. The lowest BCUT2D eigenvalue weighted by Gasteiger charge is -2.27. The second-order valence-electron chi connectivity index (χ2n) is 7.63. The second-order valence-corrected chi connectivity index (χ2v) is 7.63. The van der Waals surface area contributed by atoms with Gasteiger partial charge < -0.3 is 29.4 Å². The van der Waals surface area contributed by atoms with E-state index < -0.39 is 0 Å². The van der Waals surface area contributed by atoms with E-state index in [0.29, 0.717) is 28.9 Å². The van der Waals surface area contributed by atoms with Crippen LogP contribution in [0.2, 0.25) is 0 Å². The van der Waals surface area contributed by atoms with E-state index in [4.69, 9.17) is 14.2 Å². The molecule has 1 unspecified atom stereocenters. The lowest BCUT2D eigenvalue weighted by atomic mass is 10.0. The molecule has 31 heavy (non-hydrogen) atoms. The van der Waals surface area contributed by atoms with Crippen LogP contribution in [0.1, 0.15) is 31.8 Å². The van der Waals surface area contributed by atoms with Crippen molar-refractivity contribution >= 4 is 22.8 Å². The third-order valence-corrected chi connectivity index (χ3v) is 5.85. The van der Waals surface area contributed by atoms with Gasteiger partial charge in [0.05, 0.1) is 21.3 Å². The molecule has 0 aliphatic heterocycles. The molecular weight excluding hydrogens is 396 g/mol. The maximum atomic E-state index is 13.1. The van der Waals surface area contributed by atoms with E-state index in [2.05, 4.69) is 20.2 Å². The second kappa shape index (κ2) is 9.16. The normalized spacial score (nSPS) is 14.9. The lowest BCUT2D eigenvalue weighted by Crippen LogP contribution is -2.39. The molecule has 8 heteroatoms. The average molecular weight is 425 g/mol. The number of nitrogens with zero attached hydrogens (tertiary/aromatic N) is 2. The van der Waals surface area contributed by atoms with Gasteiger partial charge in [0, 0.05) is 29.9 Å². The van der Waals surface area contributed by atoms with Gasteiger partial charge >= 0.3 is 6.03 Å². The first-order valence-corrected chi connectivity index (χ1v) is 10.4. The molecule has 1 aliphatic rings. The molecule has 0 spiro atoms. The minimum Gasteiger partial charge on any atom is -0.496 e. The van der Waals surface area contributed by atoms with Crippen LogP contribution in [-0.4, -0.2) is 36.9 Å². The predicted molar refractivity (Wildman–Crippen MR) is 119 cm³/mol. The summed E-state index contributed by atoms with van der Waals surface area (Å²) in [6.07, 6.45) is 8.02. The molecule has 0 saturated heterocycles. The number of ether oxygens (including phenoxy) is 3. The molecule has 2 heterocycles. The van der Waals surface area contributed by atoms with Crippen LogP contribution in [0.5, 0.6) is 17.2 Å². The Kier molecular flexibility index (Phi) is 6.16. The van der Waals surface area contributed by atoms with Gasteiger partial charge in [0.25, 0.3) is 0 Å². The van der Waals surface area contributed by atoms with Crippen molar-refractivity contribution in [3.63, 3.8) is 0 Å². The first-order valence-electron chi connectivity index (χ1n) is 10.4. The van der Waals surface area contributed by atoms with Gasteiger partial charge in [0.1, 0.15) is 34.7 Å². The van der Waals surface area contributed by atoms with Crippen molar-refractivity contribution in [2.45, 2.75) is 31.8 Å². The zero-order valence-electron chi connectivity index (χ0n) is 18.1. The summed E-state index contributed by atoms with van der Waals surface area (Å²) in [7, 11) is 4.64. The monoisotopic (exact) mass is 424 g/mol. The van der Waals surface area contributed by atoms with E-state index in [1.807, 2.05) is 24.4 Å². The van der Waals surface area contributed by atoms with Crippen LogP contribution in [0.25, 0.3) is 11.0 Å². The number of hydrogen-bond acceptors (Lipinski definition) is 5. The highest BCUT2D eigenvalue weighted by Gasteiger charge is 2.29. The van der Waals surface area contributed by atoms with Gasteiger partial charge in [-0.1, -0.05) is 12.8 Å². The number of fused-ring (bicyclic) bond motifs is 1. The Morgan fingerprint density at radius 3 is 2.45 bits per heavy atom. The van der Waals surface area contributed by atoms with Crippen LogP contribution >= 0.6 is 0 Å². The number of pyridine rings is 1. The molecule has 1 fully saturated rings. The Balaban J connectivity index is 1.62. The van der Waals surface area contributed by atoms with Crippen molar-refractivity contribution in [1.29, 1.82) is 0 Å². The van der Waals surface area contributed by atoms with Crippen molar-refractivity contribution < 1.29 is 19.0 Å². The molecule has 2 N–H and O–H groups in total. The zero-order chi connectivity index (χ0) is 21.8. The van der Waals surface area contributed by atoms with Crippen molar-refractivity contribution in [3.8, 4) is 17.2 Å². The average Bonchev–Trinajstić information content (AvgIpc) is 3.48. The van der Waals surface area contributed by atoms with E-state index in [9.17, 15) is 4.79 Å².